The summed E-state index contributed by atoms with van der Waals surface area (Å²) in [6.07, 6.45) is -4.69. The molecule has 0 unspecified atom stereocenters. The van der Waals surface area contributed by atoms with Gasteiger partial charge in [-0.1, -0.05) is 0 Å². The Morgan fingerprint density at radius 2 is 1.95 bits per heavy atom. The van der Waals surface area contributed by atoms with Crippen molar-refractivity contribution in [3.05, 3.63) is 43.5 Å². The summed E-state index contributed by atoms with van der Waals surface area (Å²) in [7, 11) is 0. The molecule has 0 radical (unpaired) electrons. The lowest BCUT2D eigenvalue weighted by atomic mass is 10.3. The first-order valence-electron chi connectivity index (χ1n) is 5.35. The Labute approximate surface area is 134 Å². The zero-order chi connectivity index (χ0) is 14.8. The Hall–Kier alpha value is -0.730. The predicted octanol–water partition coefficient (Wildman–Crippen LogP) is 5.78. The normalized spacial score (nSPS) is 11.4. The van der Waals surface area contributed by atoms with Gasteiger partial charge in [0.15, 0.2) is 0 Å². The lowest BCUT2D eigenvalue weighted by Gasteiger charge is -2.12. The fourth-order valence-corrected chi connectivity index (χ4v) is 3.13. The first-order valence-corrected chi connectivity index (χ1v) is 7.82. The number of ether oxygens (including phenoxy) is 1. The molecule has 1 aromatic carbocycles. The molecular formula is C12H8Br2F3NOS. The van der Waals surface area contributed by atoms with E-state index in [0.717, 1.165) is 9.35 Å². The predicted molar refractivity (Wildman–Crippen MR) is 80.2 cm³/mol. The number of hydrogen-bond donors (Lipinski definition) is 1. The monoisotopic (exact) mass is 429 g/mol. The lowest BCUT2D eigenvalue weighted by molar-refractivity contribution is -0.274. The Kier molecular flexibility index (Phi) is 4.98. The Balaban J connectivity index is 2.01. The number of rotatable bonds is 4. The van der Waals surface area contributed by atoms with E-state index in [0.29, 0.717) is 12.2 Å². The van der Waals surface area contributed by atoms with Crippen LogP contribution < -0.4 is 10.1 Å². The molecule has 0 atom stereocenters. The zero-order valence-electron chi connectivity index (χ0n) is 9.80. The van der Waals surface area contributed by atoms with Crippen molar-refractivity contribution >= 4 is 48.9 Å². The summed E-state index contributed by atoms with van der Waals surface area (Å²) in [6.45, 7) is 0.591. The smallest absolute Gasteiger partial charge is 0.405 e. The van der Waals surface area contributed by atoms with Gasteiger partial charge in [-0.3, -0.25) is 0 Å². The molecular weight excluding hydrogens is 423 g/mol. The SMILES string of the molecule is FC(F)(F)Oc1ccc(NCc2csc(Br)c2)cc1Br. The third-order valence-electron chi connectivity index (χ3n) is 2.28. The highest BCUT2D eigenvalue weighted by Crippen LogP contribution is 2.32. The highest BCUT2D eigenvalue weighted by atomic mass is 79.9. The van der Waals surface area contributed by atoms with E-state index in [1.165, 1.54) is 12.1 Å². The fraction of sp³-hybridized carbons (Fsp3) is 0.167. The van der Waals surface area contributed by atoms with Gasteiger partial charge >= 0.3 is 6.36 Å². The van der Waals surface area contributed by atoms with Crippen LogP contribution in [0.1, 0.15) is 5.56 Å². The average Bonchev–Trinajstić information content (AvgIpc) is 2.74. The standard InChI is InChI=1S/C12H8Br2F3NOS/c13-9-4-8(1-2-10(9)19-12(15,16)17)18-5-7-3-11(14)20-6-7/h1-4,6,18H,5H2. The van der Waals surface area contributed by atoms with Gasteiger partial charge in [-0.15, -0.1) is 24.5 Å². The van der Waals surface area contributed by atoms with Gasteiger partial charge in [0, 0.05) is 12.2 Å². The second-order valence-electron chi connectivity index (χ2n) is 3.81. The Morgan fingerprint density at radius 3 is 2.50 bits per heavy atom. The van der Waals surface area contributed by atoms with Crippen LogP contribution in [0.3, 0.4) is 0 Å². The molecule has 0 aliphatic heterocycles. The van der Waals surface area contributed by atoms with Gasteiger partial charge in [0.1, 0.15) is 5.75 Å². The van der Waals surface area contributed by atoms with Crippen molar-refractivity contribution in [1.82, 2.24) is 0 Å². The van der Waals surface area contributed by atoms with Crippen molar-refractivity contribution in [3.8, 4) is 5.75 Å². The van der Waals surface area contributed by atoms with E-state index in [-0.39, 0.29) is 10.2 Å². The van der Waals surface area contributed by atoms with Gasteiger partial charge in [0.25, 0.3) is 0 Å². The molecule has 0 aliphatic rings. The first-order chi connectivity index (χ1) is 9.33. The van der Waals surface area contributed by atoms with Gasteiger partial charge in [-0.25, -0.2) is 0 Å². The maximum absolute atomic E-state index is 12.1. The summed E-state index contributed by atoms with van der Waals surface area (Å²) in [5.41, 5.74) is 1.79. The summed E-state index contributed by atoms with van der Waals surface area (Å²) in [6, 6.07) is 6.33. The lowest BCUT2D eigenvalue weighted by Crippen LogP contribution is -2.17. The van der Waals surface area contributed by atoms with E-state index in [9.17, 15) is 13.2 Å². The van der Waals surface area contributed by atoms with Crippen LogP contribution in [0, 0.1) is 0 Å². The van der Waals surface area contributed by atoms with Crippen LogP contribution in [0.5, 0.6) is 5.75 Å². The topological polar surface area (TPSA) is 21.3 Å². The Morgan fingerprint density at radius 1 is 1.20 bits per heavy atom. The van der Waals surface area contributed by atoms with E-state index in [1.807, 2.05) is 11.4 Å². The van der Waals surface area contributed by atoms with Gasteiger partial charge in [0.05, 0.1) is 8.26 Å². The minimum absolute atomic E-state index is 0.242. The average molecular weight is 431 g/mol. The number of hydrogen-bond acceptors (Lipinski definition) is 3. The van der Waals surface area contributed by atoms with Crippen molar-refractivity contribution in [3.63, 3.8) is 0 Å². The molecule has 2 nitrogen and oxygen atoms in total. The molecule has 0 saturated carbocycles. The number of anilines is 1. The van der Waals surface area contributed by atoms with Crippen LogP contribution in [0.2, 0.25) is 0 Å². The molecule has 8 heteroatoms. The van der Waals surface area contributed by atoms with Crippen molar-refractivity contribution in [1.29, 1.82) is 0 Å². The number of halogens is 5. The molecule has 20 heavy (non-hydrogen) atoms. The molecule has 0 amide bonds. The summed E-state index contributed by atoms with van der Waals surface area (Å²) < 4.78 is 41.5. The molecule has 1 heterocycles. The van der Waals surface area contributed by atoms with Crippen molar-refractivity contribution in [2.24, 2.45) is 0 Å². The molecule has 108 valence electrons. The van der Waals surface area contributed by atoms with Crippen LogP contribution in [-0.2, 0) is 6.54 Å². The molecule has 0 spiro atoms. The quantitative estimate of drug-likeness (QED) is 0.663. The van der Waals surface area contributed by atoms with Crippen LogP contribution in [0.15, 0.2) is 37.9 Å². The van der Waals surface area contributed by atoms with Gasteiger partial charge in [0.2, 0.25) is 0 Å². The number of thiophene rings is 1. The minimum Gasteiger partial charge on any atom is -0.405 e. The van der Waals surface area contributed by atoms with Crippen LogP contribution in [0.4, 0.5) is 18.9 Å². The van der Waals surface area contributed by atoms with Crippen LogP contribution in [0.25, 0.3) is 0 Å². The van der Waals surface area contributed by atoms with E-state index >= 15 is 0 Å². The maximum Gasteiger partial charge on any atom is 0.573 e. The van der Waals surface area contributed by atoms with E-state index in [1.54, 1.807) is 17.4 Å². The second-order valence-corrected chi connectivity index (χ2v) is 6.95. The largest absolute Gasteiger partial charge is 0.573 e. The fourth-order valence-electron chi connectivity index (χ4n) is 1.46. The molecule has 2 rings (SSSR count). The van der Waals surface area contributed by atoms with Gasteiger partial charge in [-0.2, -0.15) is 0 Å². The van der Waals surface area contributed by atoms with Gasteiger partial charge in [-0.05, 0) is 67.1 Å². The molecule has 1 N–H and O–H groups in total. The first kappa shape index (κ1) is 15.7. The van der Waals surface area contributed by atoms with Crippen LogP contribution in [-0.4, -0.2) is 6.36 Å². The summed E-state index contributed by atoms with van der Waals surface area (Å²) in [4.78, 5) is 0. The van der Waals surface area contributed by atoms with Crippen molar-refractivity contribution in [2.45, 2.75) is 12.9 Å². The molecule has 0 fully saturated rings. The molecule has 0 bridgehead atoms. The highest BCUT2D eigenvalue weighted by molar-refractivity contribution is 9.11. The van der Waals surface area contributed by atoms with E-state index in [2.05, 4.69) is 41.9 Å². The summed E-state index contributed by atoms with van der Waals surface area (Å²) in [5.74, 6) is -0.263. The van der Waals surface area contributed by atoms with E-state index < -0.39 is 6.36 Å². The number of alkyl halides is 3. The second kappa shape index (κ2) is 6.36. The minimum atomic E-state index is -4.69. The summed E-state index contributed by atoms with van der Waals surface area (Å²) in [5, 5.41) is 5.12. The van der Waals surface area contributed by atoms with Gasteiger partial charge < -0.3 is 10.1 Å². The number of nitrogens with one attached hydrogen (secondary N) is 1. The molecule has 0 aliphatic carbocycles. The van der Waals surface area contributed by atoms with Crippen molar-refractivity contribution < 1.29 is 17.9 Å². The maximum atomic E-state index is 12.1. The van der Waals surface area contributed by atoms with Crippen LogP contribution >= 0.6 is 43.2 Å². The molecule has 1 aromatic heterocycles. The van der Waals surface area contributed by atoms with E-state index in [4.69, 9.17) is 0 Å². The number of benzene rings is 1. The third kappa shape index (κ3) is 4.68. The summed E-state index contributed by atoms with van der Waals surface area (Å²) >= 11 is 8.00. The Bertz CT molecular complexity index is 601. The molecule has 2 aromatic rings. The third-order valence-corrected chi connectivity index (χ3v) is 4.45. The molecule has 0 saturated heterocycles. The van der Waals surface area contributed by atoms with Crippen molar-refractivity contribution in [2.75, 3.05) is 5.32 Å². The highest BCUT2D eigenvalue weighted by Gasteiger charge is 2.31. The zero-order valence-corrected chi connectivity index (χ0v) is 13.8.